The maximum absolute atomic E-state index is 11.1. The van der Waals surface area contributed by atoms with Crippen molar-refractivity contribution in [3.8, 4) is 0 Å². The van der Waals surface area contributed by atoms with Gasteiger partial charge in [-0.05, 0) is 31.4 Å². The summed E-state index contributed by atoms with van der Waals surface area (Å²) in [5.41, 5.74) is 0.771. The van der Waals surface area contributed by atoms with Crippen molar-refractivity contribution in [1.29, 1.82) is 0 Å². The number of carbonyl (C=O) groups excluding carboxylic acids is 1. The van der Waals surface area contributed by atoms with Crippen LogP contribution in [0.3, 0.4) is 0 Å². The predicted octanol–water partition coefficient (Wildman–Crippen LogP) is 4.04. The summed E-state index contributed by atoms with van der Waals surface area (Å²) in [6.45, 7) is 7.63. The maximum Gasteiger partial charge on any atom is 0.159 e. The van der Waals surface area contributed by atoms with Crippen LogP contribution in [-0.2, 0) is 4.74 Å². The van der Waals surface area contributed by atoms with Crippen molar-refractivity contribution in [3.05, 3.63) is 29.8 Å². The fourth-order valence-corrected chi connectivity index (χ4v) is 2.19. The van der Waals surface area contributed by atoms with E-state index < -0.39 is 0 Å². The van der Waals surface area contributed by atoms with Crippen molar-refractivity contribution >= 4 is 17.5 Å². The van der Waals surface area contributed by atoms with Crippen LogP contribution in [0.1, 0.15) is 37.6 Å². The zero-order valence-corrected chi connectivity index (χ0v) is 12.3. The minimum Gasteiger partial charge on any atom is -0.381 e. The summed E-state index contributed by atoms with van der Waals surface area (Å²) in [5, 5.41) is 0. The lowest BCUT2D eigenvalue weighted by atomic mass is 10.1. The molecule has 3 heteroatoms. The van der Waals surface area contributed by atoms with E-state index >= 15 is 0 Å². The molecule has 0 saturated carbocycles. The smallest absolute Gasteiger partial charge is 0.159 e. The van der Waals surface area contributed by atoms with Crippen LogP contribution in [0.4, 0.5) is 0 Å². The topological polar surface area (TPSA) is 26.3 Å². The number of ether oxygens (including phenoxy) is 1. The van der Waals surface area contributed by atoms with Crippen LogP contribution in [0, 0.1) is 5.92 Å². The van der Waals surface area contributed by atoms with Crippen LogP contribution < -0.4 is 0 Å². The summed E-state index contributed by atoms with van der Waals surface area (Å²) in [5.74, 6) is 1.78. The molecule has 0 amide bonds. The van der Waals surface area contributed by atoms with Crippen molar-refractivity contribution in [2.45, 2.75) is 32.1 Å². The molecule has 0 spiro atoms. The van der Waals surface area contributed by atoms with Crippen LogP contribution >= 0.6 is 11.8 Å². The van der Waals surface area contributed by atoms with E-state index in [2.05, 4.69) is 13.8 Å². The van der Waals surface area contributed by atoms with Gasteiger partial charge in [-0.25, -0.2) is 0 Å². The lowest BCUT2D eigenvalue weighted by Crippen LogP contribution is -2.02. The average molecular weight is 266 g/mol. The molecule has 0 saturated heterocycles. The van der Waals surface area contributed by atoms with Crippen LogP contribution in [-0.4, -0.2) is 24.7 Å². The summed E-state index contributed by atoms with van der Waals surface area (Å²) in [7, 11) is 0. The van der Waals surface area contributed by atoms with Gasteiger partial charge in [-0.2, -0.15) is 0 Å². The van der Waals surface area contributed by atoms with Gasteiger partial charge < -0.3 is 4.74 Å². The summed E-state index contributed by atoms with van der Waals surface area (Å²) >= 11 is 1.76. The predicted molar refractivity (Wildman–Crippen MR) is 77.4 cm³/mol. The van der Waals surface area contributed by atoms with Gasteiger partial charge in [0.1, 0.15) is 0 Å². The number of hydrogen-bond donors (Lipinski definition) is 0. The minimum absolute atomic E-state index is 0.114. The molecular formula is C15H22O2S. The number of rotatable bonds is 8. The third-order valence-electron chi connectivity index (χ3n) is 2.60. The molecule has 0 radical (unpaired) electrons. The van der Waals surface area contributed by atoms with E-state index in [4.69, 9.17) is 4.74 Å². The van der Waals surface area contributed by atoms with Gasteiger partial charge in [0.2, 0.25) is 0 Å². The number of hydrogen-bond acceptors (Lipinski definition) is 3. The molecule has 0 heterocycles. The molecule has 0 aromatic heterocycles. The molecule has 18 heavy (non-hydrogen) atoms. The van der Waals surface area contributed by atoms with Gasteiger partial charge in [-0.15, -0.1) is 11.8 Å². The van der Waals surface area contributed by atoms with Gasteiger partial charge >= 0.3 is 0 Å². The molecule has 0 atom stereocenters. The average Bonchev–Trinajstić information content (AvgIpc) is 2.34. The first-order chi connectivity index (χ1) is 8.59. The zero-order chi connectivity index (χ0) is 13.4. The van der Waals surface area contributed by atoms with Gasteiger partial charge in [-0.1, -0.05) is 26.0 Å². The van der Waals surface area contributed by atoms with E-state index in [-0.39, 0.29) is 5.78 Å². The lowest BCUT2D eigenvalue weighted by Gasteiger charge is -2.06. The SMILES string of the molecule is CC(=O)c1ccc(SCCOCCC(C)C)cc1. The van der Waals surface area contributed by atoms with Crippen molar-refractivity contribution in [2.24, 2.45) is 5.92 Å². The van der Waals surface area contributed by atoms with E-state index in [0.717, 1.165) is 31.0 Å². The Kier molecular flexibility index (Phi) is 7.06. The highest BCUT2D eigenvalue weighted by Crippen LogP contribution is 2.18. The van der Waals surface area contributed by atoms with E-state index in [1.165, 1.54) is 4.90 Å². The first-order valence-corrected chi connectivity index (χ1v) is 7.39. The maximum atomic E-state index is 11.1. The first kappa shape index (κ1) is 15.3. The van der Waals surface area contributed by atoms with Crippen LogP contribution in [0.2, 0.25) is 0 Å². The van der Waals surface area contributed by atoms with Gasteiger partial charge in [0.05, 0.1) is 6.61 Å². The van der Waals surface area contributed by atoms with E-state index in [0.29, 0.717) is 5.92 Å². The number of carbonyl (C=O) groups is 1. The van der Waals surface area contributed by atoms with Gasteiger partial charge in [0.15, 0.2) is 5.78 Å². The monoisotopic (exact) mass is 266 g/mol. The molecule has 0 aliphatic heterocycles. The molecule has 0 N–H and O–H groups in total. The zero-order valence-electron chi connectivity index (χ0n) is 11.4. The summed E-state index contributed by atoms with van der Waals surface area (Å²) in [6.07, 6.45) is 1.12. The van der Waals surface area contributed by atoms with E-state index in [9.17, 15) is 4.79 Å². The molecule has 0 aliphatic carbocycles. The quantitative estimate of drug-likeness (QED) is 0.403. The molecule has 0 fully saturated rings. The van der Waals surface area contributed by atoms with Gasteiger partial charge in [0.25, 0.3) is 0 Å². The molecule has 0 unspecified atom stereocenters. The Morgan fingerprint density at radius 3 is 2.44 bits per heavy atom. The third kappa shape index (κ3) is 6.22. The summed E-state index contributed by atoms with van der Waals surface area (Å²) in [6, 6.07) is 7.75. The van der Waals surface area contributed by atoms with E-state index in [1.54, 1.807) is 18.7 Å². The van der Waals surface area contributed by atoms with Gasteiger partial charge in [-0.3, -0.25) is 4.79 Å². The second kappa shape index (κ2) is 8.33. The molecule has 2 nitrogen and oxygen atoms in total. The number of thioether (sulfide) groups is 1. The van der Waals surface area contributed by atoms with Crippen molar-refractivity contribution in [3.63, 3.8) is 0 Å². The second-order valence-corrected chi connectivity index (χ2v) is 5.89. The number of Topliss-reactive ketones (excluding diaryl/α,β-unsaturated/α-hetero) is 1. The van der Waals surface area contributed by atoms with Crippen LogP contribution in [0.5, 0.6) is 0 Å². The minimum atomic E-state index is 0.114. The Balaban J connectivity index is 2.17. The fraction of sp³-hybridized carbons (Fsp3) is 0.533. The summed E-state index contributed by atoms with van der Waals surface area (Å²) < 4.78 is 5.55. The van der Waals surface area contributed by atoms with Crippen molar-refractivity contribution in [2.75, 3.05) is 19.0 Å². The van der Waals surface area contributed by atoms with Crippen molar-refractivity contribution < 1.29 is 9.53 Å². The third-order valence-corrected chi connectivity index (χ3v) is 3.57. The van der Waals surface area contributed by atoms with Crippen molar-refractivity contribution in [1.82, 2.24) is 0 Å². The Morgan fingerprint density at radius 2 is 1.89 bits per heavy atom. The van der Waals surface area contributed by atoms with Gasteiger partial charge in [0, 0.05) is 22.8 Å². The second-order valence-electron chi connectivity index (χ2n) is 4.72. The van der Waals surface area contributed by atoms with Crippen LogP contribution in [0.25, 0.3) is 0 Å². The molecule has 100 valence electrons. The lowest BCUT2D eigenvalue weighted by molar-refractivity contribution is 0.101. The molecule has 0 bridgehead atoms. The molecular weight excluding hydrogens is 244 g/mol. The Bertz CT molecular complexity index is 357. The molecule has 1 rings (SSSR count). The Morgan fingerprint density at radius 1 is 1.22 bits per heavy atom. The largest absolute Gasteiger partial charge is 0.381 e. The first-order valence-electron chi connectivity index (χ1n) is 6.41. The number of benzene rings is 1. The Labute approximate surface area is 114 Å². The fourth-order valence-electron chi connectivity index (χ4n) is 1.43. The molecule has 1 aromatic rings. The molecule has 0 aliphatic rings. The van der Waals surface area contributed by atoms with E-state index in [1.807, 2.05) is 24.3 Å². The van der Waals surface area contributed by atoms with Crippen LogP contribution in [0.15, 0.2) is 29.2 Å². The normalized spacial score (nSPS) is 10.9. The highest BCUT2D eigenvalue weighted by atomic mass is 32.2. The molecule has 1 aromatic carbocycles. The number of ketones is 1. The summed E-state index contributed by atoms with van der Waals surface area (Å²) in [4.78, 5) is 12.3. The highest BCUT2D eigenvalue weighted by molar-refractivity contribution is 7.99. The standard InChI is InChI=1S/C15H22O2S/c1-12(2)8-9-17-10-11-18-15-6-4-14(5-7-15)13(3)16/h4-7,12H,8-11H2,1-3H3. The Hall–Kier alpha value is -0.800. The highest BCUT2D eigenvalue weighted by Gasteiger charge is 1.99.